The molecule has 0 aliphatic heterocycles. The van der Waals surface area contributed by atoms with E-state index in [4.69, 9.17) is 5.26 Å². The first kappa shape index (κ1) is 9.79. The van der Waals surface area contributed by atoms with Crippen LogP contribution in [0.2, 0.25) is 0 Å². The van der Waals surface area contributed by atoms with E-state index in [0.717, 1.165) is 25.7 Å². The van der Waals surface area contributed by atoms with E-state index in [-0.39, 0.29) is 5.97 Å². The van der Waals surface area contributed by atoms with Crippen LogP contribution in [0.3, 0.4) is 0 Å². The normalized spacial score (nSPS) is 17.5. The van der Waals surface area contributed by atoms with E-state index in [9.17, 15) is 4.79 Å². The van der Waals surface area contributed by atoms with Crippen LogP contribution < -0.4 is 0 Å². The number of nitrogens with zero attached hydrogens (tertiary/aromatic N) is 1. The largest absolute Gasteiger partial charge is 0.466 e. The summed E-state index contributed by atoms with van der Waals surface area (Å²) in [6, 6.07) is 2.09. The summed E-state index contributed by atoms with van der Waals surface area (Å²) in [7, 11) is 1.36. The van der Waals surface area contributed by atoms with E-state index in [1.807, 2.05) is 0 Å². The van der Waals surface area contributed by atoms with E-state index in [1.54, 1.807) is 0 Å². The number of carbonyl (C=O) groups excluding carboxylic acids is 1. The molecule has 0 saturated carbocycles. The third-order valence-corrected chi connectivity index (χ3v) is 2.28. The highest BCUT2D eigenvalue weighted by molar-refractivity contribution is 5.90. The summed E-state index contributed by atoms with van der Waals surface area (Å²) in [5.74, 6) is -0.335. The molecule has 0 atom stereocenters. The Morgan fingerprint density at radius 2 is 2.08 bits per heavy atom. The Hall–Kier alpha value is -1.30. The van der Waals surface area contributed by atoms with Gasteiger partial charge in [-0.1, -0.05) is 6.42 Å². The van der Waals surface area contributed by atoms with E-state index < -0.39 is 0 Å². The van der Waals surface area contributed by atoms with Crippen LogP contribution in [0.4, 0.5) is 0 Å². The van der Waals surface area contributed by atoms with Gasteiger partial charge in [0.2, 0.25) is 0 Å². The average Bonchev–Trinajstić information content (AvgIpc) is 2.41. The lowest BCUT2D eigenvalue weighted by molar-refractivity contribution is -0.136. The Balaban J connectivity index is 2.90. The van der Waals surface area contributed by atoms with E-state index in [2.05, 4.69) is 10.8 Å². The fourth-order valence-corrected chi connectivity index (χ4v) is 1.55. The molecular weight excluding hydrogens is 166 g/mol. The minimum absolute atomic E-state index is 0.335. The SMILES string of the molecule is COC(=O)C1=C(C#N)CCCCC1. The van der Waals surface area contributed by atoms with Gasteiger partial charge >= 0.3 is 5.97 Å². The second-order valence-electron chi connectivity index (χ2n) is 3.12. The van der Waals surface area contributed by atoms with Crippen molar-refractivity contribution in [3.05, 3.63) is 11.1 Å². The summed E-state index contributed by atoms with van der Waals surface area (Å²) in [4.78, 5) is 11.3. The van der Waals surface area contributed by atoms with Crippen molar-refractivity contribution in [2.75, 3.05) is 7.11 Å². The Bertz CT molecular complexity index is 273. The summed E-state index contributed by atoms with van der Waals surface area (Å²) < 4.78 is 4.63. The summed E-state index contributed by atoms with van der Waals surface area (Å²) in [5.41, 5.74) is 1.20. The molecule has 0 heterocycles. The van der Waals surface area contributed by atoms with Gasteiger partial charge in [-0.3, -0.25) is 0 Å². The number of rotatable bonds is 1. The molecule has 0 saturated heterocycles. The molecule has 70 valence electrons. The molecule has 0 N–H and O–H groups in total. The first-order valence-electron chi connectivity index (χ1n) is 4.50. The molecule has 1 aliphatic carbocycles. The smallest absolute Gasteiger partial charge is 0.334 e. The molecule has 0 radical (unpaired) electrons. The van der Waals surface area contributed by atoms with Crippen molar-refractivity contribution in [2.24, 2.45) is 0 Å². The number of esters is 1. The van der Waals surface area contributed by atoms with Crippen molar-refractivity contribution in [2.45, 2.75) is 32.1 Å². The zero-order valence-electron chi connectivity index (χ0n) is 7.80. The average molecular weight is 179 g/mol. The van der Waals surface area contributed by atoms with Crippen LogP contribution in [0.25, 0.3) is 0 Å². The molecule has 0 aromatic rings. The highest BCUT2D eigenvalue weighted by atomic mass is 16.5. The van der Waals surface area contributed by atoms with Gasteiger partial charge in [-0.05, 0) is 25.7 Å². The monoisotopic (exact) mass is 179 g/mol. The highest BCUT2D eigenvalue weighted by Gasteiger charge is 2.17. The molecular formula is C10H13NO2. The van der Waals surface area contributed by atoms with Crippen molar-refractivity contribution in [1.29, 1.82) is 5.26 Å². The van der Waals surface area contributed by atoms with Gasteiger partial charge in [0.05, 0.1) is 18.8 Å². The van der Waals surface area contributed by atoms with E-state index >= 15 is 0 Å². The third-order valence-electron chi connectivity index (χ3n) is 2.28. The number of hydrogen-bond acceptors (Lipinski definition) is 3. The number of carbonyl (C=O) groups is 1. The number of methoxy groups -OCH3 is 1. The van der Waals surface area contributed by atoms with Gasteiger partial charge < -0.3 is 4.74 Å². The predicted molar refractivity (Wildman–Crippen MR) is 47.7 cm³/mol. The summed E-state index contributed by atoms with van der Waals surface area (Å²) in [5, 5.41) is 8.82. The van der Waals surface area contributed by atoms with Crippen LogP contribution in [0.15, 0.2) is 11.1 Å². The molecule has 0 amide bonds. The molecule has 0 unspecified atom stereocenters. The van der Waals surface area contributed by atoms with Crippen LogP contribution >= 0.6 is 0 Å². The number of hydrogen-bond donors (Lipinski definition) is 0. The van der Waals surface area contributed by atoms with Crippen molar-refractivity contribution in [1.82, 2.24) is 0 Å². The maximum Gasteiger partial charge on any atom is 0.334 e. The zero-order valence-corrected chi connectivity index (χ0v) is 7.80. The lowest BCUT2D eigenvalue weighted by Crippen LogP contribution is -2.06. The van der Waals surface area contributed by atoms with E-state index in [1.165, 1.54) is 7.11 Å². The second kappa shape index (κ2) is 4.66. The van der Waals surface area contributed by atoms with Crippen LogP contribution in [-0.4, -0.2) is 13.1 Å². The molecule has 3 nitrogen and oxygen atoms in total. The topological polar surface area (TPSA) is 50.1 Å². The number of nitriles is 1. The molecule has 13 heavy (non-hydrogen) atoms. The summed E-state index contributed by atoms with van der Waals surface area (Å²) in [6.45, 7) is 0. The Morgan fingerprint density at radius 3 is 2.69 bits per heavy atom. The van der Waals surface area contributed by atoms with E-state index in [0.29, 0.717) is 17.6 Å². The fourth-order valence-electron chi connectivity index (χ4n) is 1.55. The minimum Gasteiger partial charge on any atom is -0.466 e. The van der Waals surface area contributed by atoms with Crippen molar-refractivity contribution in [3.8, 4) is 6.07 Å². The predicted octanol–water partition coefficient (Wildman–Crippen LogP) is 1.94. The summed E-state index contributed by atoms with van der Waals surface area (Å²) in [6.07, 6.45) is 4.49. The van der Waals surface area contributed by atoms with Gasteiger partial charge in [-0.2, -0.15) is 5.26 Å². The van der Waals surface area contributed by atoms with Crippen molar-refractivity contribution < 1.29 is 9.53 Å². The lowest BCUT2D eigenvalue weighted by atomic mass is 10.1. The summed E-state index contributed by atoms with van der Waals surface area (Å²) >= 11 is 0. The van der Waals surface area contributed by atoms with Crippen molar-refractivity contribution >= 4 is 5.97 Å². The van der Waals surface area contributed by atoms with Gasteiger partial charge in [0, 0.05) is 5.57 Å². The molecule has 0 aromatic carbocycles. The van der Waals surface area contributed by atoms with Crippen LogP contribution in [0, 0.1) is 11.3 Å². The number of allylic oxidation sites excluding steroid dienone is 1. The van der Waals surface area contributed by atoms with Crippen LogP contribution in [0.5, 0.6) is 0 Å². The first-order valence-corrected chi connectivity index (χ1v) is 4.50. The third kappa shape index (κ3) is 2.32. The van der Waals surface area contributed by atoms with Crippen molar-refractivity contribution in [3.63, 3.8) is 0 Å². The van der Waals surface area contributed by atoms with Gasteiger partial charge in [-0.25, -0.2) is 4.79 Å². The molecule has 0 aromatic heterocycles. The Morgan fingerprint density at radius 1 is 1.38 bits per heavy atom. The molecule has 0 spiro atoms. The van der Waals surface area contributed by atoms with Gasteiger partial charge in [0.15, 0.2) is 0 Å². The number of ether oxygens (including phenoxy) is 1. The standard InChI is InChI=1S/C10H13NO2/c1-13-10(12)9-6-4-2-3-5-8(9)7-11/h2-6H2,1H3. The highest BCUT2D eigenvalue weighted by Crippen LogP contribution is 2.23. The fraction of sp³-hybridized carbons (Fsp3) is 0.600. The maximum atomic E-state index is 11.3. The Labute approximate surface area is 78.0 Å². The molecule has 1 aliphatic rings. The first-order chi connectivity index (χ1) is 6.29. The molecule has 0 bridgehead atoms. The van der Waals surface area contributed by atoms with Gasteiger partial charge in [-0.15, -0.1) is 0 Å². The maximum absolute atomic E-state index is 11.3. The zero-order chi connectivity index (χ0) is 9.68. The lowest BCUT2D eigenvalue weighted by Gasteiger charge is -2.03. The van der Waals surface area contributed by atoms with Gasteiger partial charge in [0.25, 0.3) is 0 Å². The molecule has 0 fully saturated rings. The molecule has 1 rings (SSSR count). The van der Waals surface area contributed by atoms with Crippen LogP contribution in [-0.2, 0) is 9.53 Å². The molecule has 3 heteroatoms. The van der Waals surface area contributed by atoms with Gasteiger partial charge in [0.1, 0.15) is 0 Å². The van der Waals surface area contributed by atoms with Crippen LogP contribution in [0.1, 0.15) is 32.1 Å². The Kier molecular flexibility index (Phi) is 3.51. The quantitative estimate of drug-likeness (QED) is 0.578. The minimum atomic E-state index is -0.335. The second-order valence-corrected chi connectivity index (χ2v) is 3.12.